The number of likely N-dealkylation sites (N-methyl/N-ethyl adjacent to an activating group) is 1. The van der Waals surface area contributed by atoms with E-state index in [0.29, 0.717) is 24.7 Å². The number of carbonyl (C=O) groups excluding carboxylic acids is 2. The molecule has 5 nitrogen and oxygen atoms in total. The maximum atomic E-state index is 12.9. The first kappa shape index (κ1) is 22.7. The van der Waals surface area contributed by atoms with Crippen molar-refractivity contribution in [3.05, 3.63) is 107 Å². The van der Waals surface area contributed by atoms with E-state index < -0.39 is 0 Å². The van der Waals surface area contributed by atoms with Crippen LogP contribution in [0.4, 0.5) is 0 Å². The van der Waals surface area contributed by atoms with Crippen LogP contribution in [0.5, 0.6) is 0 Å². The Hall–Kier alpha value is -3.44. The van der Waals surface area contributed by atoms with Crippen LogP contribution in [-0.4, -0.2) is 36.3 Å². The Labute approximate surface area is 195 Å². The van der Waals surface area contributed by atoms with Gasteiger partial charge in [0.1, 0.15) is 0 Å². The monoisotopic (exact) mass is 441 g/mol. The Balaban J connectivity index is 1.32. The maximum Gasteiger partial charge on any atom is 0.251 e. The number of nitrogens with zero attached hydrogens (tertiary/aromatic N) is 1. The molecule has 0 aliphatic heterocycles. The van der Waals surface area contributed by atoms with Gasteiger partial charge in [-0.05, 0) is 55.1 Å². The fourth-order valence-corrected chi connectivity index (χ4v) is 3.90. The molecule has 2 amide bonds. The van der Waals surface area contributed by atoms with Gasteiger partial charge in [-0.15, -0.1) is 0 Å². The second-order valence-electron chi connectivity index (χ2n) is 8.84. The molecule has 2 N–H and O–H groups in total. The van der Waals surface area contributed by atoms with Gasteiger partial charge in [-0.2, -0.15) is 0 Å². The Kier molecular flexibility index (Phi) is 7.53. The number of hydrogen-bond donors (Lipinski definition) is 2. The molecular formula is C28H31N3O2. The highest BCUT2D eigenvalue weighted by atomic mass is 16.2. The summed E-state index contributed by atoms with van der Waals surface area (Å²) in [6.07, 6.45) is 2.89. The molecule has 3 aromatic carbocycles. The summed E-state index contributed by atoms with van der Waals surface area (Å²) in [6.45, 7) is 0.925. The highest BCUT2D eigenvalue weighted by molar-refractivity contribution is 5.94. The lowest BCUT2D eigenvalue weighted by Gasteiger charge is -2.22. The molecule has 1 fully saturated rings. The van der Waals surface area contributed by atoms with Crippen LogP contribution in [0.15, 0.2) is 84.9 Å². The molecule has 0 aromatic heterocycles. The molecule has 170 valence electrons. The fourth-order valence-electron chi connectivity index (χ4n) is 3.90. The first-order chi connectivity index (χ1) is 16.1. The number of hydrogen-bond acceptors (Lipinski definition) is 3. The summed E-state index contributed by atoms with van der Waals surface area (Å²) in [5.41, 5.74) is 4.03. The summed E-state index contributed by atoms with van der Waals surface area (Å²) in [7, 11) is 1.93. The van der Waals surface area contributed by atoms with Crippen LogP contribution in [0, 0.1) is 0 Å². The van der Waals surface area contributed by atoms with Crippen LogP contribution in [0.3, 0.4) is 0 Å². The van der Waals surface area contributed by atoms with Crippen LogP contribution in [-0.2, 0) is 17.8 Å². The van der Waals surface area contributed by atoms with Crippen LogP contribution in [0.1, 0.15) is 45.9 Å². The van der Waals surface area contributed by atoms with Gasteiger partial charge in [0.05, 0.1) is 12.6 Å². The largest absolute Gasteiger partial charge is 0.349 e. The minimum atomic E-state index is -0.0845. The summed E-state index contributed by atoms with van der Waals surface area (Å²) in [6, 6.07) is 28.2. The molecule has 1 unspecified atom stereocenters. The summed E-state index contributed by atoms with van der Waals surface area (Å²) in [5.74, 6) is -0.0233. The van der Waals surface area contributed by atoms with E-state index in [9.17, 15) is 9.59 Å². The maximum absolute atomic E-state index is 12.9. The van der Waals surface area contributed by atoms with Gasteiger partial charge in [-0.25, -0.2) is 0 Å². The zero-order chi connectivity index (χ0) is 23.0. The summed E-state index contributed by atoms with van der Waals surface area (Å²) in [5, 5.41) is 6.22. The second kappa shape index (κ2) is 10.9. The van der Waals surface area contributed by atoms with Gasteiger partial charge in [-0.1, -0.05) is 72.8 Å². The van der Waals surface area contributed by atoms with Gasteiger partial charge in [0.2, 0.25) is 5.91 Å². The van der Waals surface area contributed by atoms with Crippen molar-refractivity contribution in [2.75, 3.05) is 13.6 Å². The Morgan fingerprint density at radius 2 is 1.52 bits per heavy atom. The third-order valence-corrected chi connectivity index (χ3v) is 5.81. The lowest BCUT2D eigenvalue weighted by Crippen LogP contribution is -2.37. The van der Waals surface area contributed by atoms with E-state index in [4.69, 9.17) is 0 Å². The topological polar surface area (TPSA) is 61.4 Å². The van der Waals surface area contributed by atoms with E-state index in [2.05, 4.69) is 34.9 Å². The summed E-state index contributed by atoms with van der Waals surface area (Å²) >= 11 is 0. The normalized spacial score (nSPS) is 14.0. The Morgan fingerprint density at radius 1 is 0.879 bits per heavy atom. The Morgan fingerprint density at radius 3 is 2.15 bits per heavy atom. The van der Waals surface area contributed by atoms with Gasteiger partial charge in [0.25, 0.3) is 5.91 Å². The Bertz CT molecular complexity index is 1050. The zero-order valence-electron chi connectivity index (χ0n) is 19.0. The van der Waals surface area contributed by atoms with Crippen molar-refractivity contribution in [2.24, 2.45) is 0 Å². The molecule has 0 radical (unpaired) electrons. The lowest BCUT2D eigenvalue weighted by molar-refractivity contribution is -0.122. The van der Waals surface area contributed by atoms with Gasteiger partial charge < -0.3 is 10.6 Å². The predicted molar refractivity (Wildman–Crippen MR) is 131 cm³/mol. The van der Waals surface area contributed by atoms with Crippen LogP contribution < -0.4 is 10.6 Å². The molecule has 0 saturated heterocycles. The molecule has 5 heteroatoms. The van der Waals surface area contributed by atoms with Crippen LogP contribution in [0.25, 0.3) is 0 Å². The molecule has 3 aromatic rings. The number of rotatable bonds is 10. The number of amides is 2. The molecule has 0 spiro atoms. The van der Waals surface area contributed by atoms with Crippen LogP contribution >= 0.6 is 0 Å². The molecule has 0 heterocycles. The van der Waals surface area contributed by atoms with Gasteiger partial charge in [0, 0.05) is 18.2 Å². The van der Waals surface area contributed by atoms with Crippen molar-refractivity contribution in [3.8, 4) is 0 Å². The third kappa shape index (κ3) is 7.02. The van der Waals surface area contributed by atoms with E-state index in [-0.39, 0.29) is 17.9 Å². The molecule has 33 heavy (non-hydrogen) atoms. The molecule has 1 aliphatic carbocycles. The number of nitrogens with one attached hydrogen (secondary N) is 2. The highest BCUT2D eigenvalue weighted by Gasteiger charge is 2.23. The molecule has 1 saturated carbocycles. The van der Waals surface area contributed by atoms with E-state index in [1.54, 1.807) is 0 Å². The van der Waals surface area contributed by atoms with Crippen molar-refractivity contribution in [2.45, 2.75) is 37.9 Å². The zero-order valence-corrected chi connectivity index (χ0v) is 19.0. The van der Waals surface area contributed by atoms with Gasteiger partial charge in [0.15, 0.2) is 0 Å². The average molecular weight is 442 g/mol. The molecule has 0 bridgehead atoms. The second-order valence-corrected chi connectivity index (χ2v) is 8.84. The first-order valence-electron chi connectivity index (χ1n) is 11.5. The molecule has 1 atom stereocenters. The summed E-state index contributed by atoms with van der Waals surface area (Å²) in [4.78, 5) is 27.0. The molecule has 4 rings (SSSR count). The van der Waals surface area contributed by atoms with E-state index >= 15 is 0 Å². The quantitative estimate of drug-likeness (QED) is 0.498. The fraction of sp³-hybridized carbons (Fsp3) is 0.286. The van der Waals surface area contributed by atoms with Crippen molar-refractivity contribution >= 4 is 11.8 Å². The minimum absolute atomic E-state index is 0.0114. The predicted octanol–water partition coefficient (Wildman–Crippen LogP) is 4.11. The van der Waals surface area contributed by atoms with Crippen LogP contribution in [0.2, 0.25) is 0 Å². The number of carbonyl (C=O) groups is 2. The lowest BCUT2D eigenvalue weighted by atomic mass is 9.99. The van der Waals surface area contributed by atoms with Gasteiger partial charge >= 0.3 is 0 Å². The summed E-state index contributed by atoms with van der Waals surface area (Å²) < 4.78 is 0. The highest BCUT2D eigenvalue weighted by Crippen LogP contribution is 2.20. The standard InChI is InChI=1S/C28H31N3O2/c1-31(19-22-12-14-24(15-13-22)28(33)29-25-16-17-25)20-27(32)30-26(23-10-6-3-7-11-23)18-21-8-4-2-5-9-21/h2-15,25-26H,16-20H2,1H3,(H,29,33)(H,30,32). The third-order valence-electron chi connectivity index (χ3n) is 5.81. The average Bonchev–Trinajstić information content (AvgIpc) is 3.64. The van der Waals surface area contributed by atoms with Crippen molar-refractivity contribution in [1.82, 2.24) is 15.5 Å². The van der Waals surface area contributed by atoms with Crippen molar-refractivity contribution in [3.63, 3.8) is 0 Å². The van der Waals surface area contributed by atoms with E-state index in [1.807, 2.05) is 72.6 Å². The minimum Gasteiger partial charge on any atom is -0.349 e. The van der Waals surface area contributed by atoms with Crippen molar-refractivity contribution in [1.29, 1.82) is 0 Å². The molecule has 1 aliphatic rings. The van der Waals surface area contributed by atoms with Gasteiger partial charge in [-0.3, -0.25) is 14.5 Å². The first-order valence-corrected chi connectivity index (χ1v) is 11.5. The van der Waals surface area contributed by atoms with E-state index in [0.717, 1.165) is 30.4 Å². The number of benzene rings is 3. The van der Waals surface area contributed by atoms with Crippen molar-refractivity contribution < 1.29 is 9.59 Å². The molecular weight excluding hydrogens is 410 g/mol. The smallest absolute Gasteiger partial charge is 0.251 e. The SMILES string of the molecule is CN(CC(=O)NC(Cc1ccccc1)c1ccccc1)Cc1ccc(C(=O)NC2CC2)cc1. The van der Waals surface area contributed by atoms with E-state index in [1.165, 1.54) is 5.56 Å².